The second-order valence-electron chi connectivity index (χ2n) is 4.09. The molecule has 1 aromatic carbocycles. The van der Waals surface area contributed by atoms with Gasteiger partial charge >= 0.3 is 5.51 Å². The third kappa shape index (κ3) is 3.86. The summed E-state index contributed by atoms with van der Waals surface area (Å²) in [5, 5.41) is 0.288. The monoisotopic (exact) mass is 290 g/mol. The lowest BCUT2D eigenvalue weighted by Crippen LogP contribution is -2.07. The van der Waals surface area contributed by atoms with Gasteiger partial charge in [-0.15, -0.1) is 0 Å². The molecule has 0 radical (unpaired) electrons. The zero-order valence-corrected chi connectivity index (χ0v) is 10.9. The third-order valence-corrected chi connectivity index (χ3v) is 3.71. The Morgan fingerprint density at radius 3 is 2.56 bits per heavy atom. The zero-order chi connectivity index (χ0) is 13.2. The molecule has 0 aliphatic heterocycles. The number of hydrogen-bond donors (Lipinski definition) is 0. The Hall–Kier alpha value is -0.790. The van der Waals surface area contributed by atoms with Crippen LogP contribution < -0.4 is 0 Å². The lowest BCUT2D eigenvalue weighted by Gasteiger charge is -2.18. The van der Waals surface area contributed by atoms with Crippen molar-refractivity contribution in [2.75, 3.05) is 0 Å². The minimum atomic E-state index is -4.32. The Morgan fingerprint density at radius 1 is 1.28 bits per heavy atom. The molecule has 0 spiro atoms. The fraction of sp³-hybridized carbons (Fsp3) is 0.385. The molecule has 1 aliphatic rings. The Kier molecular flexibility index (Phi) is 4.14. The molecule has 1 fully saturated rings. The van der Waals surface area contributed by atoms with Crippen LogP contribution in [0, 0.1) is 17.8 Å². The Morgan fingerprint density at radius 2 is 2.00 bits per heavy atom. The summed E-state index contributed by atoms with van der Waals surface area (Å²) in [6.07, 6.45) is 3.24. The van der Waals surface area contributed by atoms with Gasteiger partial charge in [0.25, 0.3) is 0 Å². The van der Waals surface area contributed by atoms with E-state index in [0.29, 0.717) is 11.5 Å². The van der Waals surface area contributed by atoms with E-state index in [-0.39, 0.29) is 21.7 Å². The first kappa shape index (κ1) is 13.6. The van der Waals surface area contributed by atoms with E-state index in [2.05, 4.69) is 11.8 Å². The van der Waals surface area contributed by atoms with Gasteiger partial charge in [0.2, 0.25) is 0 Å². The van der Waals surface area contributed by atoms with Crippen LogP contribution >= 0.6 is 23.4 Å². The highest BCUT2D eigenvalue weighted by molar-refractivity contribution is 8.00. The highest BCUT2D eigenvalue weighted by atomic mass is 35.5. The molecule has 0 bridgehead atoms. The molecule has 0 amide bonds. The van der Waals surface area contributed by atoms with Gasteiger partial charge in [-0.2, -0.15) is 13.2 Å². The van der Waals surface area contributed by atoms with Crippen LogP contribution in [0.25, 0.3) is 0 Å². The topological polar surface area (TPSA) is 0 Å². The predicted octanol–water partition coefficient (Wildman–Crippen LogP) is 5.10. The van der Waals surface area contributed by atoms with Crippen LogP contribution in [0.3, 0.4) is 0 Å². The molecule has 1 aromatic rings. The van der Waals surface area contributed by atoms with E-state index < -0.39 is 5.51 Å². The normalized spacial score (nSPS) is 15.8. The van der Waals surface area contributed by atoms with E-state index in [9.17, 15) is 13.2 Å². The minimum Gasteiger partial charge on any atom is -0.160 e. The molecule has 0 nitrogen and oxygen atoms in total. The molecule has 5 heteroatoms. The average molecular weight is 291 g/mol. The van der Waals surface area contributed by atoms with Crippen molar-refractivity contribution in [3.63, 3.8) is 0 Å². The number of halogens is 4. The van der Waals surface area contributed by atoms with Crippen LogP contribution in [0.4, 0.5) is 13.2 Å². The molecule has 2 rings (SSSR count). The maximum absolute atomic E-state index is 12.4. The second-order valence-corrected chi connectivity index (χ2v) is 5.63. The molecule has 0 aromatic heterocycles. The summed E-state index contributed by atoms with van der Waals surface area (Å²) >= 11 is 5.55. The third-order valence-electron chi connectivity index (χ3n) is 2.69. The molecule has 1 aliphatic carbocycles. The van der Waals surface area contributed by atoms with E-state index >= 15 is 0 Å². The molecule has 0 unspecified atom stereocenters. The summed E-state index contributed by atoms with van der Waals surface area (Å²) in [6, 6.07) is 4.42. The first-order valence-electron chi connectivity index (χ1n) is 5.51. The molecule has 0 heterocycles. The second kappa shape index (κ2) is 5.46. The lowest BCUT2D eigenvalue weighted by molar-refractivity contribution is -0.0328. The van der Waals surface area contributed by atoms with Gasteiger partial charge in [0.1, 0.15) is 0 Å². The molecule has 0 saturated heterocycles. The number of benzene rings is 1. The van der Waals surface area contributed by atoms with Gasteiger partial charge in [-0.25, -0.2) is 0 Å². The van der Waals surface area contributed by atoms with E-state index in [1.165, 1.54) is 6.07 Å². The van der Waals surface area contributed by atoms with Crippen LogP contribution in [-0.2, 0) is 0 Å². The van der Waals surface area contributed by atoms with Crippen molar-refractivity contribution >= 4 is 23.4 Å². The highest BCUT2D eigenvalue weighted by Gasteiger charge is 2.30. The van der Waals surface area contributed by atoms with Gasteiger partial charge in [-0.3, -0.25) is 0 Å². The smallest absolute Gasteiger partial charge is 0.160 e. The van der Waals surface area contributed by atoms with Crippen LogP contribution in [0.2, 0.25) is 5.02 Å². The molecule has 1 saturated carbocycles. The van der Waals surface area contributed by atoms with Crippen molar-refractivity contribution in [2.45, 2.75) is 29.7 Å². The summed E-state index contributed by atoms with van der Waals surface area (Å²) in [5.74, 6) is 6.18. The first-order chi connectivity index (χ1) is 8.44. The predicted molar refractivity (Wildman–Crippen MR) is 67.6 cm³/mol. The van der Waals surface area contributed by atoms with Gasteiger partial charge in [-0.1, -0.05) is 29.9 Å². The first-order valence-corrected chi connectivity index (χ1v) is 6.70. The van der Waals surface area contributed by atoms with Gasteiger partial charge in [0.15, 0.2) is 0 Å². The van der Waals surface area contributed by atoms with Gasteiger partial charge < -0.3 is 0 Å². The van der Waals surface area contributed by atoms with Crippen LogP contribution in [0.5, 0.6) is 0 Å². The number of hydrogen-bond acceptors (Lipinski definition) is 1. The standard InChI is InChI=1S/C13H10ClF3S/c14-11-7-6-10(5-4-9-2-1-3-9)12(8-11)18-13(15,16)17/h6-9H,1-3H2. The summed E-state index contributed by atoms with van der Waals surface area (Å²) in [4.78, 5) is 0.0711. The van der Waals surface area contributed by atoms with Crippen molar-refractivity contribution in [1.29, 1.82) is 0 Å². The summed E-state index contributed by atoms with van der Waals surface area (Å²) in [6.45, 7) is 0. The van der Waals surface area contributed by atoms with E-state index in [0.717, 1.165) is 19.3 Å². The maximum atomic E-state index is 12.4. The summed E-state index contributed by atoms with van der Waals surface area (Å²) in [7, 11) is 0. The number of thioether (sulfide) groups is 1. The minimum absolute atomic E-state index is 0.0711. The Bertz CT molecular complexity index is 495. The highest BCUT2D eigenvalue weighted by Crippen LogP contribution is 2.39. The molecule has 0 atom stereocenters. The summed E-state index contributed by atoms with van der Waals surface area (Å²) in [5.41, 5.74) is -3.92. The van der Waals surface area contributed by atoms with Crippen molar-refractivity contribution in [3.8, 4) is 11.8 Å². The van der Waals surface area contributed by atoms with Gasteiger partial charge in [0.05, 0.1) is 0 Å². The fourth-order valence-electron chi connectivity index (χ4n) is 1.54. The molecular formula is C13H10ClF3S. The number of alkyl halides is 3. The largest absolute Gasteiger partial charge is 0.446 e. The van der Waals surface area contributed by atoms with E-state index in [1.807, 2.05) is 0 Å². The average Bonchev–Trinajstić information content (AvgIpc) is 2.16. The maximum Gasteiger partial charge on any atom is 0.446 e. The van der Waals surface area contributed by atoms with Crippen LogP contribution in [-0.4, -0.2) is 5.51 Å². The SMILES string of the molecule is FC(F)(F)Sc1cc(Cl)ccc1C#CC1CCC1. The van der Waals surface area contributed by atoms with Crippen molar-refractivity contribution in [1.82, 2.24) is 0 Å². The van der Waals surface area contributed by atoms with Crippen LogP contribution in [0.1, 0.15) is 24.8 Å². The lowest BCUT2D eigenvalue weighted by atomic mass is 9.86. The van der Waals surface area contributed by atoms with Gasteiger partial charge in [-0.05, 0) is 42.8 Å². The Labute approximate surface area is 113 Å². The van der Waals surface area contributed by atoms with Gasteiger partial charge in [0, 0.05) is 21.4 Å². The van der Waals surface area contributed by atoms with E-state index in [4.69, 9.17) is 11.6 Å². The fourth-order valence-corrected chi connectivity index (χ4v) is 2.44. The summed E-state index contributed by atoms with van der Waals surface area (Å²) < 4.78 is 37.2. The Balaban J connectivity index is 2.24. The molecular weight excluding hydrogens is 281 g/mol. The van der Waals surface area contributed by atoms with Crippen molar-refractivity contribution in [2.24, 2.45) is 5.92 Å². The van der Waals surface area contributed by atoms with Crippen molar-refractivity contribution < 1.29 is 13.2 Å². The quantitative estimate of drug-likeness (QED) is 0.512. The molecule has 96 valence electrons. The van der Waals surface area contributed by atoms with Crippen LogP contribution in [0.15, 0.2) is 23.1 Å². The van der Waals surface area contributed by atoms with E-state index in [1.54, 1.807) is 12.1 Å². The molecule has 18 heavy (non-hydrogen) atoms. The molecule has 0 N–H and O–H groups in total. The van der Waals surface area contributed by atoms with Crippen molar-refractivity contribution in [3.05, 3.63) is 28.8 Å². The number of rotatable bonds is 1. The zero-order valence-electron chi connectivity index (χ0n) is 9.35.